The summed E-state index contributed by atoms with van der Waals surface area (Å²) in [5.41, 5.74) is 9.35. The van der Waals surface area contributed by atoms with Crippen molar-refractivity contribution in [1.82, 2.24) is 0 Å². The third-order valence-corrected chi connectivity index (χ3v) is 3.87. The van der Waals surface area contributed by atoms with Crippen molar-refractivity contribution in [2.45, 2.75) is 18.8 Å². The lowest BCUT2D eigenvalue weighted by Crippen LogP contribution is -2.39. The molecule has 3 rings (SSSR count). The van der Waals surface area contributed by atoms with Gasteiger partial charge in [-0.1, -0.05) is 24.3 Å². The van der Waals surface area contributed by atoms with E-state index < -0.39 is 0 Å². The van der Waals surface area contributed by atoms with Crippen LogP contribution >= 0.6 is 12.6 Å². The van der Waals surface area contributed by atoms with Gasteiger partial charge in [0.25, 0.3) is 0 Å². The van der Waals surface area contributed by atoms with Crippen LogP contribution < -0.4 is 20.7 Å². The van der Waals surface area contributed by atoms with Gasteiger partial charge in [0.15, 0.2) is 0 Å². The number of carbonyl (C=O) groups is 1. The standard InChI is InChI=1S/C17H19N3O2S/c1-11-6-7-13(22-10-16(18)23)8-15(11)20-9-12-4-2-3-5-14(12)19-17(20)21/h2-8,16,23H,9-10,18H2,1H3,(H,19,21). The number of fused-ring (bicyclic) bond motifs is 1. The first-order valence-corrected chi connectivity index (χ1v) is 7.90. The van der Waals surface area contributed by atoms with Gasteiger partial charge in [-0.25, -0.2) is 4.79 Å². The van der Waals surface area contributed by atoms with Crippen molar-refractivity contribution in [3.8, 4) is 5.75 Å². The van der Waals surface area contributed by atoms with Crippen LogP contribution in [0.15, 0.2) is 42.5 Å². The molecule has 3 N–H and O–H groups in total. The van der Waals surface area contributed by atoms with E-state index in [1.807, 2.05) is 49.4 Å². The summed E-state index contributed by atoms with van der Waals surface area (Å²) >= 11 is 4.10. The largest absolute Gasteiger partial charge is 0.491 e. The maximum absolute atomic E-state index is 12.4. The summed E-state index contributed by atoms with van der Waals surface area (Å²) in [5.74, 6) is 0.668. The monoisotopic (exact) mass is 329 g/mol. The molecule has 1 aliphatic rings. The van der Waals surface area contributed by atoms with Crippen molar-refractivity contribution in [3.63, 3.8) is 0 Å². The van der Waals surface area contributed by atoms with E-state index in [9.17, 15) is 4.79 Å². The summed E-state index contributed by atoms with van der Waals surface area (Å²) in [6.07, 6.45) is 0. The first-order chi connectivity index (χ1) is 11.0. The Labute approximate surface area is 140 Å². The molecule has 0 aromatic heterocycles. The lowest BCUT2D eigenvalue weighted by molar-refractivity contribution is 0.256. The van der Waals surface area contributed by atoms with Crippen LogP contribution in [0.1, 0.15) is 11.1 Å². The van der Waals surface area contributed by atoms with Crippen LogP contribution in [0.4, 0.5) is 16.2 Å². The lowest BCUT2D eigenvalue weighted by atomic mass is 10.1. The molecule has 0 radical (unpaired) electrons. The molecule has 6 heteroatoms. The molecule has 1 unspecified atom stereocenters. The predicted molar refractivity (Wildman–Crippen MR) is 95.3 cm³/mol. The number of thiol groups is 1. The van der Waals surface area contributed by atoms with Crippen LogP contribution in [0.5, 0.6) is 5.75 Å². The number of benzene rings is 2. The van der Waals surface area contributed by atoms with Crippen molar-refractivity contribution < 1.29 is 9.53 Å². The maximum atomic E-state index is 12.4. The van der Waals surface area contributed by atoms with Gasteiger partial charge in [0.1, 0.15) is 12.4 Å². The smallest absolute Gasteiger partial charge is 0.326 e. The van der Waals surface area contributed by atoms with Gasteiger partial charge in [0, 0.05) is 11.8 Å². The Morgan fingerprint density at radius 1 is 1.35 bits per heavy atom. The van der Waals surface area contributed by atoms with Crippen LogP contribution in [0.25, 0.3) is 0 Å². The van der Waals surface area contributed by atoms with Gasteiger partial charge in [0.05, 0.1) is 17.6 Å². The molecule has 2 aromatic carbocycles. The predicted octanol–water partition coefficient (Wildman–Crippen LogP) is 3.14. The Balaban J connectivity index is 1.89. The quantitative estimate of drug-likeness (QED) is 0.596. The number of hydrogen-bond acceptors (Lipinski definition) is 4. The van der Waals surface area contributed by atoms with Crippen LogP contribution in [0.3, 0.4) is 0 Å². The number of nitrogens with two attached hydrogens (primary N) is 1. The minimum absolute atomic E-state index is 0.144. The van der Waals surface area contributed by atoms with Crippen LogP contribution in [0, 0.1) is 6.92 Å². The Hall–Kier alpha value is -2.18. The Morgan fingerprint density at radius 2 is 2.13 bits per heavy atom. The highest BCUT2D eigenvalue weighted by Crippen LogP contribution is 2.31. The molecule has 2 aromatic rings. The number of aryl methyl sites for hydroxylation is 1. The lowest BCUT2D eigenvalue weighted by Gasteiger charge is -2.30. The zero-order chi connectivity index (χ0) is 16.4. The summed E-state index contributed by atoms with van der Waals surface area (Å²) in [7, 11) is 0. The second kappa shape index (κ2) is 6.52. The summed E-state index contributed by atoms with van der Waals surface area (Å²) in [4.78, 5) is 14.1. The van der Waals surface area contributed by atoms with E-state index in [1.165, 1.54) is 0 Å². The molecule has 0 spiro atoms. The number of para-hydroxylation sites is 1. The SMILES string of the molecule is Cc1ccc(OCC(N)S)cc1N1Cc2ccccc2NC1=O. The summed E-state index contributed by atoms with van der Waals surface area (Å²) < 4.78 is 5.60. The molecule has 0 aliphatic carbocycles. The average molecular weight is 329 g/mol. The number of carbonyl (C=O) groups excluding carboxylic acids is 1. The number of hydrogen-bond donors (Lipinski definition) is 3. The van der Waals surface area contributed by atoms with E-state index in [0.717, 1.165) is 22.5 Å². The van der Waals surface area contributed by atoms with Crippen molar-refractivity contribution in [2.75, 3.05) is 16.8 Å². The number of nitrogens with one attached hydrogen (secondary N) is 1. The third-order valence-electron chi connectivity index (χ3n) is 3.72. The second-order valence-corrected chi connectivity index (χ2v) is 6.16. The van der Waals surface area contributed by atoms with Crippen molar-refractivity contribution in [3.05, 3.63) is 53.6 Å². The molecule has 5 nitrogen and oxygen atoms in total. The van der Waals surface area contributed by atoms with Gasteiger partial charge in [0.2, 0.25) is 0 Å². The topological polar surface area (TPSA) is 67.6 Å². The fraction of sp³-hybridized carbons (Fsp3) is 0.235. The molecule has 2 amide bonds. The number of nitrogens with zero attached hydrogens (tertiary/aromatic N) is 1. The zero-order valence-corrected chi connectivity index (χ0v) is 13.7. The molecule has 0 saturated carbocycles. The van der Waals surface area contributed by atoms with E-state index in [1.54, 1.807) is 4.90 Å². The fourth-order valence-corrected chi connectivity index (χ4v) is 2.63. The number of rotatable bonds is 4. The van der Waals surface area contributed by atoms with Gasteiger partial charge in [-0.3, -0.25) is 4.90 Å². The molecule has 120 valence electrons. The highest BCUT2D eigenvalue weighted by molar-refractivity contribution is 7.80. The average Bonchev–Trinajstić information content (AvgIpc) is 2.53. The Morgan fingerprint density at radius 3 is 2.91 bits per heavy atom. The molecular formula is C17H19N3O2S. The number of urea groups is 1. The molecule has 0 saturated heterocycles. The van der Waals surface area contributed by atoms with E-state index >= 15 is 0 Å². The minimum Gasteiger partial charge on any atom is -0.491 e. The van der Waals surface area contributed by atoms with Crippen LogP contribution in [-0.4, -0.2) is 18.0 Å². The van der Waals surface area contributed by atoms with Crippen LogP contribution in [0.2, 0.25) is 0 Å². The second-order valence-electron chi connectivity index (χ2n) is 5.50. The van der Waals surface area contributed by atoms with Crippen LogP contribution in [-0.2, 0) is 6.54 Å². The molecule has 1 aliphatic heterocycles. The van der Waals surface area contributed by atoms with Gasteiger partial charge in [-0.05, 0) is 30.2 Å². The Bertz CT molecular complexity index is 734. The van der Waals surface area contributed by atoms with E-state index in [0.29, 0.717) is 18.9 Å². The first kappa shape index (κ1) is 15.7. The molecular weight excluding hydrogens is 310 g/mol. The van der Waals surface area contributed by atoms with Gasteiger partial charge in [-0.15, -0.1) is 0 Å². The zero-order valence-electron chi connectivity index (χ0n) is 12.8. The summed E-state index contributed by atoms with van der Waals surface area (Å²) in [6.45, 7) is 2.80. The Kier molecular flexibility index (Phi) is 4.45. The van der Waals surface area contributed by atoms with Gasteiger partial charge < -0.3 is 15.8 Å². The maximum Gasteiger partial charge on any atom is 0.326 e. The molecule has 23 heavy (non-hydrogen) atoms. The van der Waals surface area contributed by atoms with E-state index in [2.05, 4.69) is 17.9 Å². The van der Waals surface area contributed by atoms with Crippen molar-refractivity contribution in [2.24, 2.45) is 5.73 Å². The summed E-state index contributed by atoms with van der Waals surface area (Å²) in [6, 6.07) is 13.3. The normalized spacial score (nSPS) is 14.9. The summed E-state index contributed by atoms with van der Waals surface area (Å²) in [5, 5.41) is 2.58. The van der Waals surface area contributed by atoms with E-state index in [4.69, 9.17) is 10.5 Å². The number of anilines is 2. The van der Waals surface area contributed by atoms with E-state index in [-0.39, 0.29) is 11.4 Å². The molecule has 1 atom stereocenters. The van der Waals surface area contributed by atoms with Crippen molar-refractivity contribution >= 4 is 30.0 Å². The van der Waals surface area contributed by atoms with Crippen molar-refractivity contribution in [1.29, 1.82) is 0 Å². The highest BCUT2D eigenvalue weighted by atomic mass is 32.1. The third kappa shape index (κ3) is 3.43. The van der Waals surface area contributed by atoms with Gasteiger partial charge in [-0.2, -0.15) is 12.6 Å². The molecule has 1 heterocycles. The fourth-order valence-electron chi connectivity index (χ4n) is 2.55. The highest BCUT2D eigenvalue weighted by Gasteiger charge is 2.25. The molecule has 0 bridgehead atoms. The number of ether oxygens (including phenoxy) is 1. The molecule has 0 fully saturated rings. The number of amides is 2. The first-order valence-electron chi connectivity index (χ1n) is 7.38. The van der Waals surface area contributed by atoms with Gasteiger partial charge >= 0.3 is 6.03 Å². The minimum atomic E-state index is -0.343.